The van der Waals surface area contributed by atoms with Gasteiger partial charge in [0.15, 0.2) is 0 Å². The molecule has 5 nitrogen and oxygen atoms in total. The van der Waals surface area contributed by atoms with E-state index < -0.39 is 18.0 Å². The number of carbonyl (C=O) groups excluding carboxylic acids is 1. The van der Waals surface area contributed by atoms with Crippen molar-refractivity contribution in [1.82, 2.24) is 10.2 Å². The molecule has 0 aromatic heterocycles. The molecular formula is C6H12N2O3S2. The maximum atomic E-state index is 11.2. The number of hydrogen-bond acceptors (Lipinski definition) is 4. The Bertz CT molecular complexity index is 200. The van der Waals surface area contributed by atoms with Crippen LogP contribution in [0.5, 0.6) is 0 Å². The molecule has 0 aliphatic heterocycles. The van der Waals surface area contributed by atoms with Crippen molar-refractivity contribution in [1.29, 1.82) is 0 Å². The van der Waals surface area contributed by atoms with E-state index in [9.17, 15) is 9.59 Å². The van der Waals surface area contributed by atoms with Gasteiger partial charge in [-0.05, 0) is 0 Å². The van der Waals surface area contributed by atoms with Crippen LogP contribution in [0.4, 0.5) is 4.79 Å². The molecule has 0 saturated carbocycles. The smallest absolute Gasteiger partial charge is 0.407 e. The monoisotopic (exact) mass is 224 g/mol. The zero-order valence-corrected chi connectivity index (χ0v) is 8.89. The Kier molecular flexibility index (Phi) is 5.72. The van der Waals surface area contributed by atoms with Crippen molar-refractivity contribution in [3.05, 3.63) is 0 Å². The number of hydrogen-bond donors (Lipinski definition) is 4. The average molecular weight is 224 g/mol. The number of amides is 2. The predicted octanol–water partition coefficient (Wildman–Crippen LogP) is -0.102. The van der Waals surface area contributed by atoms with Crippen molar-refractivity contribution in [3.63, 3.8) is 0 Å². The third kappa shape index (κ3) is 3.77. The van der Waals surface area contributed by atoms with Gasteiger partial charge in [0.25, 0.3) is 0 Å². The molecule has 0 aromatic carbocycles. The standard InChI is InChI=1S/C6H12N2O3S2/c1-8(6(10)11)4(2-12)5(9)7-3-13/h4,12-13H,2-3H2,1H3,(H,7,9)(H,10,11). The molecule has 13 heavy (non-hydrogen) atoms. The largest absolute Gasteiger partial charge is 0.465 e. The predicted molar refractivity (Wildman–Crippen MR) is 55.4 cm³/mol. The minimum absolute atomic E-state index is 0.141. The highest BCUT2D eigenvalue weighted by atomic mass is 32.1. The maximum absolute atomic E-state index is 11.2. The third-order valence-corrected chi connectivity index (χ3v) is 2.00. The molecule has 76 valence electrons. The number of rotatable bonds is 4. The maximum Gasteiger partial charge on any atom is 0.407 e. The first-order chi connectivity index (χ1) is 6.04. The summed E-state index contributed by atoms with van der Waals surface area (Å²) >= 11 is 7.68. The Labute approximate surface area is 87.3 Å². The van der Waals surface area contributed by atoms with Crippen LogP contribution in [0.15, 0.2) is 0 Å². The van der Waals surface area contributed by atoms with E-state index in [0.717, 1.165) is 4.90 Å². The van der Waals surface area contributed by atoms with Gasteiger partial charge in [0.1, 0.15) is 6.04 Å². The lowest BCUT2D eigenvalue weighted by atomic mass is 10.3. The molecule has 7 heteroatoms. The van der Waals surface area contributed by atoms with Gasteiger partial charge < -0.3 is 10.4 Å². The molecule has 0 aromatic rings. The summed E-state index contributed by atoms with van der Waals surface area (Å²) in [7, 11) is 1.32. The van der Waals surface area contributed by atoms with Crippen molar-refractivity contribution in [3.8, 4) is 0 Å². The summed E-state index contributed by atoms with van der Waals surface area (Å²) < 4.78 is 0. The fourth-order valence-corrected chi connectivity index (χ4v) is 1.28. The van der Waals surface area contributed by atoms with Crippen LogP contribution in [-0.2, 0) is 4.79 Å². The van der Waals surface area contributed by atoms with Gasteiger partial charge in [-0.3, -0.25) is 9.69 Å². The van der Waals surface area contributed by atoms with E-state index in [1.807, 2.05) is 0 Å². The highest BCUT2D eigenvalue weighted by Crippen LogP contribution is 1.99. The van der Waals surface area contributed by atoms with E-state index in [1.165, 1.54) is 7.05 Å². The van der Waals surface area contributed by atoms with E-state index in [2.05, 4.69) is 30.6 Å². The van der Waals surface area contributed by atoms with Crippen LogP contribution in [0.3, 0.4) is 0 Å². The van der Waals surface area contributed by atoms with Crippen LogP contribution in [-0.4, -0.2) is 46.7 Å². The molecule has 0 aliphatic carbocycles. The normalized spacial score (nSPS) is 11.9. The molecule has 0 bridgehead atoms. The molecule has 0 fully saturated rings. The third-order valence-electron chi connectivity index (χ3n) is 1.50. The number of likely N-dealkylation sites (N-methyl/N-ethyl adjacent to an activating group) is 1. The highest BCUT2D eigenvalue weighted by Gasteiger charge is 2.24. The van der Waals surface area contributed by atoms with Crippen molar-refractivity contribution >= 4 is 37.3 Å². The van der Waals surface area contributed by atoms with Gasteiger partial charge in [0, 0.05) is 12.8 Å². The van der Waals surface area contributed by atoms with E-state index in [4.69, 9.17) is 5.11 Å². The molecule has 0 radical (unpaired) electrons. The van der Waals surface area contributed by atoms with Crippen LogP contribution < -0.4 is 5.32 Å². The first kappa shape index (κ1) is 12.4. The SMILES string of the molecule is CN(C(=O)O)C(CS)C(=O)NCS. The summed E-state index contributed by atoms with van der Waals surface area (Å²) in [6, 6.07) is -0.770. The van der Waals surface area contributed by atoms with Crippen LogP contribution >= 0.6 is 25.3 Å². The Balaban J connectivity index is 4.31. The summed E-state index contributed by atoms with van der Waals surface area (Å²) in [5.74, 6) is -0.0752. The summed E-state index contributed by atoms with van der Waals surface area (Å²) in [4.78, 5) is 22.6. The van der Waals surface area contributed by atoms with Gasteiger partial charge in [0.2, 0.25) is 5.91 Å². The molecule has 0 saturated heterocycles. The van der Waals surface area contributed by atoms with Crippen LogP contribution in [0.2, 0.25) is 0 Å². The Morgan fingerprint density at radius 1 is 1.54 bits per heavy atom. The molecule has 1 unspecified atom stereocenters. The lowest BCUT2D eigenvalue weighted by Gasteiger charge is -2.22. The number of carboxylic acid groups (broad SMARTS) is 1. The van der Waals surface area contributed by atoms with Gasteiger partial charge >= 0.3 is 6.09 Å². The highest BCUT2D eigenvalue weighted by molar-refractivity contribution is 7.80. The molecule has 0 aliphatic rings. The lowest BCUT2D eigenvalue weighted by Crippen LogP contribution is -2.48. The Morgan fingerprint density at radius 2 is 2.08 bits per heavy atom. The number of nitrogens with one attached hydrogen (secondary N) is 1. The number of carbonyl (C=O) groups is 2. The summed E-state index contributed by atoms with van der Waals surface area (Å²) in [6.45, 7) is 0. The van der Waals surface area contributed by atoms with Crippen molar-refractivity contribution in [2.75, 3.05) is 18.7 Å². The lowest BCUT2D eigenvalue weighted by molar-refractivity contribution is -0.124. The topological polar surface area (TPSA) is 69.6 Å². The van der Waals surface area contributed by atoms with E-state index in [-0.39, 0.29) is 11.6 Å². The average Bonchev–Trinajstić information content (AvgIpc) is 2.05. The minimum atomic E-state index is -1.16. The fourth-order valence-electron chi connectivity index (χ4n) is 0.710. The second kappa shape index (κ2) is 5.98. The molecule has 2 N–H and O–H groups in total. The number of thiol groups is 2. The molecule has 1 atom stereocenters. The van der Waals surface area contributed by atoms with E-state index >= 15 is 0 Å². The first-order valence-electron chi connectivity index (χ1n) is 3.49. The molecular weight excluding hydrogens is 212 g/mol. The van der Waals surface area contributed by atoms with Gasteiger partial charge in [-0.25, -0.2) is 4.79 Å². The van der Waals surface area contributed by atoms with Gasteiger partial charge in [-0.15, -0.1) is 0 Å². The zero-order chi connectivity index (χ0) is 10.4. The summed E-state index contributed by atoms with van der Waals surface area (Å²) in [5, 5.41) is 11.0. The number of nitrogens with zero attached hydrogens (tertiary/aromatic N) is 1. The quantitative estimate of drug-likeness (QED) is 0.398. The Morgan fingerprint density at radius 3 is 2.38 bits per heavy atom. The van der Waals surface area contributed by atoms with Crippen LogP contribution in [0.1, 0.15) is 0 Å². The zero-order valence-electron chi connectivity index (χ0n) is 7.10. The van der Waals surface area contributed by atoms with E-state index in [1.54, 1.807) is 0 Å². The first-order valence-corrected chi connectivity index (χ1v) is 4.76. The summed E-state index contributed by atoms with van der Waals surface area (Å²) in [5.41, 5.74) is 0. The fraction of sp³-hybridized carbons (Fsp3) is 0.667. The van der Waals surface area contributed by atoms with E-state index in [0.29, 0.717) is 0 Å². The molecule has 0 heterocycles. The van der Waals surface area contributed by atoms with Crippen LogP contribution in [0, 0.1) is 0 Å². The minimum Gasteiger partial charge on any atom is -0.465 e. The van der Waals surface area contributed by atoms with Crippen molar-refractivity contribution < 1.29 is 14.7 Å². The second-order valence-electron chi connectivity index (χ2n) is 2.29. The van der Waals surface area contributed by atoms with Crippen molar-refractivity contribution in [2.45, 2.75) is 6.04 Å². The van der Waals surface area contributed by atoms with Gasteiger partial charge in [-0.1, -0.05) is 0 Å². The molecule has 0 rings (SSSR count). The second-order valence-corrected chi connectivity index (χ2v) is 2.97. The molecule has 2 amide bonds. The van der Waals surface area contributed by atoms with Crippen molar-refractivity contribution in [2.24, 2.45) is 0 Å². The van der Waals surface area contributed by atoms with Gasteiger partial charge in [-0.2, -0.15) is 25.3 Å². The summed E-state index contributed by atoms with van der Waals surface area (Å²) in [6.07, 6.45) is -1.16. The molecule has 0 spiro atoms. The van der Waals surface area contributed by atoms with Crippen LogP contribution in [0.25, 0.3) is 0 Å². The Hall–Kier alpha value is -0.560. The van der Waals surface area contributed by atoms with Gasteiger partial charge in [0.05, 0.1) is 5.88 Å².